The van der Waals surface area contributed by atoms with E-state index < -0.39 is 31.3 Å². The molecule has 0 saturated carbocycles. The summed E-state index contributed by atoms with van der Waals surface area (Å²) in [7, 11) is 0. The number of unbranched alkanes of at least 4 members (excludes halogenated alkanes) is 1. The van der Waals surface area contributed by atoms with E-state index in [9.17, 15) is 20.1 Å². The van der Waals surface area contributed by atoms with Gasteiger partial charge in [-0.05, 0) is 30.5 Å². The Morgan fingerprint density at radius 2 is 1.65 bits per heavy atom. The Balaban J connectivity index is 2.72. The lowest BCUT2D eigenvalue weighted by Crippen LogP contribution is -2.57. The fraction of sp³-hybridized carbons (Fsp3) is 0.533. The fourth-order valence-corrected chi connectivity index (χ4v) is 1.79. The lowest BCUT2D eigenvalue weighted by Gasteiger charge is -2.28. The molecule has 1 rings (SSSR count). The number of rotatable bonds is 8. The molecule has 5 heteroatoms. The van der Waals surface area contributed by atoms with Gasteiger partial charge in [-0.25, -0.2) is 0 Å². The highest BCUT2D eigenvalue weighted by atomic mass is 16.3. The van der Waals surface area contributed by atoms with Gasteiger partial charge in [-0.3, -0.25) is 4.79 Å². The van der Waals surface area contributed by atoms with Crippen LogP contribution in [0.3, 0.4) is 0 Å². The molecule has 0 aliphatic heterocycles. The molecule has 0 saturated heterocycles. The van der Waals surface area contributed by atoms with E-state index in [1.54, 1.807) is 12.1 Å². The molecule has 1 aromatic carbocycles. The number of nitrogens with one attached hydrogen (secondary N) is 1. The predicted molar refractivity (Wildman–Crippen MR) is 76.5 cm³/mol. The first-order valence-electron chi connectivity index (χ1n) is 6.85. The third-order valence-corrected chi connectivity index (χ3v) is 3.32. The third kappa shape index (κ3) is 4.30. The van der Waals surface area contributed by atoms with Gasteiger partial charge in [0.25, 0.3) is 5.91 Å². The SMILES string of the molecule is CCCCc1ccc(C(=O)NC(CO)(CO)CO)cc1. The van der Waals surface area contributed by atoms with Crippen molar-refractivity contribution >= 4 is 5.91 Å². The summed E-state index contributed by atoms with van der Waals surface area (Å²) in [6.07, 6.45) is 3.20. The first-order valence-corrected chi connectivity index (χ1v) is 6.85. The number of amides is 1. The largest absolute Gasteiger partial charge is 0.394 e. The maximum atomic E-state index is 12.0. The topological polar surface area (TPSA) is 89.8 Å². The van der Waals surface area contributed by atoms with E-state index in [0.29, 0.717) is 5.56 Å². The quantitative estimate of drug-likeness (QED) is 0.558. The van der Waals surface area contributed by atoms with Gasteiger partial charge in [0.1, 0.15) is 5.54 Å². The molecule has 1 aromatic rings. The highest BCUT2D eigenvalue weighted by Gasteiger charge is 2.30. The molecule has 5 nitrogen and oxygen atoms in total. The van der Waals surface area contributed by atoms with Crippen molar-refractivity contribution in [3.63, 3.8) is 0 Å². The van der Waals surface area contributed by atoms with Crippen LogP contribution in [0.15, 0.2) is 24.3 Å². The van der Waals surface area contributed by atoms with Crippen LogP contribution in [0.2, 0.25) is 0 Å². The molecule has 0 aliphatic carbocycles. The highest BCUT2D eigenvalue weighted by molar-refractivity contribution is 5.94. The van der Waals surface area contributed by atoms with Crippen LogP contribution >= 0.6 is 0 Å². The second kappa shape index (κ2) is 7.99. The number of aliphatic hydroxyl groups is 3. The minimum absolute atomic E-state index is 0.427. The van der Waals surface area contributed by atoms with Crippen molar-refractivity contribution in [2.75, 3.05) is 19.8 Å². The molecule has 0 aromatic heterocycles. The Morgan fingerprint density at radius 3 is 2.10 bits per heavy atom. The van der Waals surface area contributed by atoms with E-state index in [1.165, 1.54) is 5.56 Å². The van der Waals surface area contributed by atoms with Gasteiger partial charge in [0.15, 0.2) is 0 Å². The summed E-state index contributed by atoms with van der Waals surface area (Å²) in [5.41, 5.74) is 0.212. The second-order valence-corrected chi connectivity index (χ2v) is 5.01. The molecule has 0 aliphatic rings. The molecule has 20 heavy (non-hydrogen) atoms. The van der Waals surface area contributed by atoms with Gasteiger partial charge in [-0.2, -0.15) is 0 Å². The van der Waals surface area contributed by atoms with Crippen LogP contribution in [0.1, 0.15) is 35.7 Å². The lowest BCUT2D eigenvalue weighted by molar-refractivity contribution is 0.0375. The maximum absolute atomic E-state index is 12.0. The molecular weight excluding hydrogens is 258 g/mol. The Kier molecular flexibility index (Phi) is 6.64. The van der Waals surface area contributed by atoms with E-state index in [0.717, 1.165) is 19.3 Å². The fourth-order valence-electron chi connectivity index (χ4n) is 1.79. The average Bonchev–Trinajstić information content (AvgIpc) is 2.51. The van der Waals surface area contributed by atoms with Gasteiger partial charge in [-0.15, -0.1) is 0 Å². The number of carbonyl (C=O) groups is 1. The van der Waals surface area contributed by atoms with Crippen molar-refractivity contribution in [2.45, 2.75) is 31.7 Å². The van der Waals surface area contributed by atoms with Gasteiger partial charge >= 0.3 is 0 Å². The Bertz CT molecular complexity index is 404. The standard InChI is InChI=1S/C15H23NO4/c1-2-3-4-12-5-7-13(8-6-12)14(20)16-15(9-17,10-18)11-19/h5-8,17-19H,2-4,9-11H2,1H3,(H,16,20). The van der Waals surface area contributed by atoms with E-state index in [-0.39, 0.29) is 0 Å². The molecule has 0 heterocycles. The van der Waals surface area contributed by atoms with Crippen LogP contribution in [0.25, 0.3) is 0 Å². The van der Waals surface area contributed by atoms with Crippen LogP contribution in [0.4, 0.5) is 0 Å². The van der Waals surface area contributed by atoms with Gasteiger partial charge < -0.3 is 20.6 Å². The molecule has 0 unspecified atom stereocenters. The monoisotopic (exact) mass is 281 g/mol. The van der Waals surface area contributed by atoms with E-state index in [4.69, 9.17) is 0 Å². The zero-order chi connectivity index (χ0) is 15.0. The number of carbonyl (C=O) groups excluding carboxylic acids is 1. The van der Waals surface area contributed by atoms with Crippen LogP contribution in [-0.4, -0.2) is 46.6 Å². The van der Waals surface area contributed by atoms with Gasteiger partial charge in [0.2, 0.25) is 0 Å². The summed E-state index contributed by atoms with van der Waals surface area (Å²) in [6, 6.07) is 7.20. The zero-order valence-electron chi connectivity index (χ0n) is 11.8. The van der Waals surface area contributed by atoms with Gasteiger partial charge in [0, 0.05) is 5.56 Å². The normalized spacial score (nSPS) is 11.4. The second-order valence-electron chi connectivity index (χ2n) is 5.01. The van der Waals surface area contributed by atoms with Crippen LogP contribution in [-0.2, 0) is 6.42 Å². The third-order valence-electron chi connectivity index (χ3n) is 3.32. The molecule has 1 amide bonds. The summed E-state index contributed by atoms with van der Waals surface area (Å²) < 4.78 is 0. The van der Waals surface area contributed by atoms with E-state index >= 15 is 0 Å². The van der Waals surface area contributed by atoms with Gasteiger partial charge in [0.05, 0.1) is 19.8 Å². The molecule has 0 spiro atoms. The van der Waals surface area contributed by atoms with Crippen molar-refractivity contribution in [1.29, 1.82) is 0 Å². The van der Waals surface area contributed by atoms with Crippen molar-refractivity contribution < 1.29 is 20.1 Å². The minimum Gasteiger partial charge on any atom is -0.394 e. The summed E-state index contributed by atoms with van der Waals surface area (Å²) in [4.78, 5) is 12.0. The highest BCUT2D eigenvalue weighted by Crippen LogP contribution is 2.10. The van der Waals surface area contributed by atoms with Crippen molar-refractivity contribution in [2.24, 2.45) is 0 Å². The minimum atomic E-state index is -1.39. The first kappa shape index (κ1) is 16.6. The number of hydrogen-bond donors (Lipinski definition) is 4. The summed E-state index contributed by atoms with van der Waals surface area (Å²) in [6.45, 7) is 0.543. The molecule has 112 valence electrons. The smallest absolute Gasteiger partial charge is 0.251 e. The summed E-state index contributed by atoms with van der Waals surface area (Å²) in [5.74, 6) is -0.427. The Morgan fingerprint density at radius 1 is 1.10 bits per heavy atom. The molecular formula is C15H23NO4. The number of benzene rings is 1. The van der Waals surface area contributed by atoms with Crippen LogP contribution in [0.5, 0.6) is 0 Å². The van der Waals surface area contributed by atoms with E-state index in [1.807, 2.05) is 12.1 Å². The van der Waals surface area contributed by atoms with Gasteiger partial charge in [-0.1, -0.05) is 25.5 Å². The molecule has 0 bridgehead atoms. The average molecular weight is 281 g/mol. The summed E-state index contributed by atoms with van der Waals surface area (Å²) in [5, 5.41) is 30.0. The zero-order valence-corrected chi connectivity index (χ0v) is 11.8. The van der Waals surface area contributed by atoms with Crippen molar-refractivity contribution in [3.8, 4) is 0 Å². The first-order chi connectivity index (χ1) is 9.60. The van der Waals surface area contributed by atoms with Crippen molar-refractivity contribution in [3.05, 3.63) is 35.4 Å². The Labute approximate surface area is 119 Å². The Hall–Kier alpha value is -1.43. The number of aryl methyl sites for hydroxylation is 1. The predicted octanol–water partition coefficient (Wildman–Crippen LogP) is 0.475. The van der Waals surface area contributed by atoms with E-state index in [2.05, 4.69) is 12.2 Å². The van der Waals surface area contributed by atoms with Crippen LogP contribution in [0, 0.1) is 0 Å². The maximum Gasteiger partial charge on any atom is 0.251 e. The molecule has 0 radical (unpaired) electrons. The molecule has 0 fully saturated rings. The summed E-state index contributed by atoms with van der Waals surface area (Å²) >= 11 is 0. The molecule has 0 atom stereocenters. The van der Waals surface area contributed by atoms with Crippen LogP contribution < -0.4 is 5.32 Å². The number of hydrogen-bond acceptors (Lipinski definition) is 4. The van der Waals surface area contributed by atoms with Crippen molar-refractivity contribution in [1.82, 2.24) is 5.32 Å². The lowest BCUT2D eigenvalue weighted by atomic mass is 10.0. The molecule has 4 N–H and O–H groups in total. The number of aliphatic hydroxyl groups excluding tert-OH is 3.